The Balaban J connectivity index is 2.64. The Morgan fingerprint density at radius 1 is 1.67 bits per heavy atom. The first-order chi connectivity index (χ1) is 7.11. The van der Waals surface area contributed by atoms with E-state index in [9.17, 15) is 9.59 Å². The zero-order chi connectivity index (χ0) is 11.3. The maximum absolute atomic E-state index is 11.1. The number of H-pyrrole nitrogens is 1. The van der Waals surface area contributed by atoms with E-state index in [1.165, 1.54) is 17.8 Å². The summed E-state index contributed by atoms with van der Waals surface area (Å²) >= 11 is 1.24. The Bertz CT molecular complexity index is 403. The first-order valence-corrected chi connectivity index (χ1v) is 5.55. The minimum absolute atomic E-state index is 0.0602. The molecule has 0 spiro atoms. The summed E-state index contributed by atoms with van der Waals surface area (Å²) in [7, 11) is 0. The smallest absolute Gasteiger partial charge is 0.304 e. The molecular weight excluding hydrogens is 216 g/mol. The van der Waals surface area contributed by atoms with Crippen LogP contribution in [0.15, 0.2) is 16.0 Å². The van der Waals surface area contributed by atoms with Gasteiger partial charge < -0.3 is 10.1 Å². The van der Waals surface area contributed by atoms with Gasteiger partial charge in [0.1, 0.15) is 0 Å². The van der Waals surface area contributed by atoms with Gasteiger partial charge in [-0.05, 0) is 6.42 Å². The molecule has 5 nitrogen and oxygen atoms in total. The van der Waals surface area contributed by atoms with Crippen molar-refractivity contribution in [1.82, 2.24) is 9.97 Å². The molecule has 0 radical (unpaired) electrons. The molecule has 2 N–H and O–H groups in total. The van der Waals surface area contributed by atoms with Crippen LogP contribution in [0.5, 0.6) is 0 Å². The average Bonchev–Trinajstić information content (AvgIpc) is 2.16. The molecule has 0 aliphatic rings. The molecule has 1 heterocycles. The Morgan fingerprint density at radius 3 is 3.00 bits per heavy atom. The summed E-state index contributed by atoms with van der Waals surface area (Å²) < 4.78 is 0. The van der Waals surface area contributed by atoms with E-state index < -0.39 is 5.97 Å². The fraction of sp³-hybridized carbons (Fsp3) is 0.444. The minimum Gasteiger partial charge on any atom is -0.481 e. The van der Waals surface area contributed by atoms with Crippen LogP contribution in [-0.4, -0.2) is 26.8 Å². The average molecular weight is 228 g/mol. The lowest BCUT2D eigenvalue weighted by Crippen LogP contribution is -2.10. The van der Waals surface area contributed by atoms with Crippen LogP contribution in [0.2, 0.25) is 0 Å². The number of carbonyl (C=O) groups is 1. The lowest BCUT2D eigenvalue weighted by atomic mass is 10.3. The SMILES string of the molecule is CCc1cc(=O)[nH]c(SCCC(=O)O)n1. The number of aryl methyl sites for hydroxylation is 1. The number of thioether (sulfide) groups is 1. The summed E-state index contributed by atoms with van der Waals surface area (Å²) in [6.07, 6.45) is 0.751. The van der Waals surface area contributed by atoms with Gasteiger partial charge in [-0.3, -0.25) is 9.59 Å². The number of rotatable bonds is 5. The molecule has 0 aliphatic heterocycles. The van der Waals surface area contributed by atoms with Crippen molar-refractivity contribution in [3.8, 4) is 0 Å². The molecule has 0 saturated carbocycles. The monoisotopic (exact) mass is 228 g/mol. The number of nitrogens with one attached hydrogen (secondary N) is 1. The van der Waals surface area contributed by atoms with Gasteiger partial charge in [-0.15, -0.1) is 0 Å². The van der Waals surface area contributed by atoms with Crippen LogP contribution < -0.4 is 5.56 Å². The van der Waals surface area contributed by atoms with Crippen molar-refractivity contribution in [3.05, 3.63) is 22.1 Å². The molecule has 0 bridgehead atoms. The van der Waals surface area contributed by atoms with E-state index >= 15 is 0 Å². The summed E-state index contributed by atoms with van der Waals surface area (Å²) in [6, 6.07) is 1.45. The van der Waals surface area contributed by atoms with Gasteiger partial charge in [-0.2, -0.15) is 0 Å². The molecule has 0 aromatic carbocycles. The van der Waals surface area contributed by atoms with Crippen LogP contribution in [0, 0.1) is 0 Å². The highest BCUT2D eigenvalue weighted by Gasteiger charge is 2.02. The summed E-state index contributed by atoms with van der Waals surface area (Å²) in [5.74, 6) is -0.442. The minimum atomic E-state index is -0.850. The highest BCUT2D eigenvalue weighted by atomic mass is 32.2. The summed E-state index contributed by atoms with van der Waals surface area (Å²) in [6.45, 7) is 1.91. The number of hydrogen-bond acceptors (Lipinski definition) is 4. The number of aromatic amines is 1. The number of carboxylic acid groups (broad SMARTS) is 1. The van der Waals surface area contributed by atoms with Gasteiger partial charge in [0.15, 0.2) is 5.16 Å². The molecule has 15 heavy (non-hydrogen) atoms. The lowest BCUT2D eigenvalue weighted by molar-refractivity contribution is -0.136. The van der Waals surface area contributed by atoms with Crippen LogP contribution >= 0.6 is 11.8 Å². The molecular formula is C9H12N2O3S. The molecule has 1 rings (SSSR count). The van der Waals surface area contributed by atoms with Gasteiger partial charge in [-0.1, -0.05) is 18.7 Å². The molecule has 0 fully saturated rings. The van der Waals surface area contributed by atoms with E-state index in [-0.39, 0.29) is 12.0 Å². The van der Waals surface area contributed by atoms with E-state index in [2.05, 4.69) is 9.97 Å². The standard InChI is InChI=1S/C9H12N2O3S/c1-2-6-5-7(12)11-9(10-6)15-4-3-8(13)14/h5H,2-4H2,1H3,(H,13,14)(H,10,11,12). The highest BCUT2D eigenvalue weighted by Crippen LogP contribution is 2.12. The van der Waals surface area contributed by atoms with E-state index in [1.807, 2.05) is 6.92 Å². The topological polar surface area (TPSA) is 83.0 Å². The van der Waals surface area contributed by atoms with Gasteiger partial charge in [-0.25, -0.2) is 4.98 Å². The molecule has 0 amide bonds. The molecule has 0 saturated heterocycles. The van der Waals surface area contributed by atoms with Crippen LogP contribution in [0.3, 0.4) is 0 Å². The zero-order valence-electron chi connectivity index (χ0n) is 8.32. The van der Waals surface area contributed by atoms with Crippen LogP contribution in [0.25, 0.3) is 0 Å². The quantitative estimate of drug-likeness (QED) is 0.578. The first-order valence-electron chi connectivity index (χ1n) is 4.56. The number of aliphatic carboxylic acids is 1. The van der Waals surface area contributed by atoms with Crippen molar-refractivity contribution >= 4 is 17.7 Å². The second-order valence-corrected chi connectivity index (χ2v) is 3.97. The van der Waals surface area contributed by atoms with Crippen molar-refractivity contribution in [1.29, 1.82) is 0 Å². The van der Waals surface area contributed by atoms with E-state index in [1.54, 1.807) is 0 Å². The summed E-state index contributed by atoms with van der Waals surface area (Å²) in [5.41, 5.74) is 0.524. The van der Waals surface area contributed by atoms with Crippen LogP contribution in [0.4, 0.5) is 0 Å². The largest absolute Gasteiger partial charge is 0.481 e. The van der Waals surface area contributed by atoms with Gasteiger partial charge >= 0.3 is 5.97 Å². The van der Waals surface area contributed by atoms with Gasteiger partial charge in [0.2, 0.25) is 0 Å². The molecule has 0 unspecified atom stereocenters. The van der Waals surface area contributed by atoms with E-state index in [0.717, 1.165) is 5.69 Å². The summed E-state index contributed by atoms with van der Waals surface area (Å²) in [5, 5.41) is 8.93. The third-order valence-electron chi connectivity index (χ3n) is 1.69. The predicted octanol–water partition coefficient (Wildman–Crippen LogP) is 0.899. The third-order valence-corrected chi connectivity index (χ3v) is 2.56. The van der Waals surface area contributed by atoms with Gasteiger partial charge in [0.25, 0.3) is 5.56 Å². The molecule has 1 aromatic heterocycles. The first kappa shape index (κ1) is 11.8. The van der Waals surface area contributed by atoms with Crippen LogP contribution in [0.1, 0.15) is 19.0 Å². The van der Waals surface area contributed by atoms with Crippen molar-refractivity contribution in [3.63, 3.8) is 0 Å². The van der Waals surface area contributed by atoms with Crippen LogP contribution in [-0.2, 0) is 11.2 Å². The molecule has 82 valence electrons. The zero-order valence-corrected chi connectivity index (χ0v) is 9.13. The Labute approximate surface area is 90.9 Å². The van der Waals surface area contributed by atoms with Crippen molar-refractivity contribution in [2.24, 2.45) is 0 Å². The molecule has 0 aliphatic carbocycles. The number of nitrogens with zero attached hydrogens (tertiary/aromatic N) is 1. The molecule has 0 atom stereocenters. The fourth-order valence-electron chi connectivity index (χ4n) is 0.968. The molecule has 6 heteroatoms. The Hall–Kier alpha value is -1.30. The Kier molecular flexibility index (Phi) is 4.36. The maximum Gasteiger partial charge on any atom is 0.304 e. The maximum atomic E-state index is 11.1. The summed E-state index contributed by atoms with van der Waals surface area (Å²) in [4.78, 5) is 28.1. The van der Waals surface area contributed by atoms with Gasteiger partial charge in [0, 0.05) is 17.5 Å². The lowest BCUT2D eigenvalue weighted by Gasteiger charge is -2.00. The second-order valence-electron chi connectivity index (χ2n) is 2.89. The van der Waals surface area contributed by atoms with E-state index in [4.69, 9.17) is 5.11 Å². The fourth-order valence-corrected chi connectivity index (χ4v) is 1.79. The number of aromatic nitrogens is 2. The number of hydrogen-bond donors (Lipinski definition) is 2. The predicted molar refractivity (Wildman–Crippen MR) is 57.2 cm³/mol. The molecule has 1 aromatic rings. The third kappa shape index (κ3) is 4.16. The number of carboxylic acids is 1. The normalized spacial score (nSPS) is 10.2. The second kappa shape index (κ2) is 5.55. The Morgan fingerprint density at radius 2 is 2.40 bits per heavy atom. The van der Waals surface area contributed by atoms with Gasteiger partial charge in [0.05, 0.1) is 6.42 Å². The van der Waals surface area contributed by atoms with Crippen molar-refractivity contribution < 1.29 is 9.90 Å². The van der Waals surface area contributed by atoms with Crippen molar-refractivity contribution in [2.75, 3.05) is 5.75 Å². The highest BCUT2D eigenvalue weighted by molar-refractivity contribution is 7.99. The van der Waals surface area contributed by atoms with Crippen molar-refractivity contribution in [2.45, 2.75) is 24.9 Å². The van der Waals surface area contributed by atoms with E-state index in [0.29, 0.717) is 17.3 Å².